The van der Waals surface area contributed by atoms with Crippen LogP contribution in [0.15, 0.2) is 30.3 Å². The summed E-state index contributed by atoms with van der Waals surface area (Å²) in [5.74, 6) is -1.26. The van der Waals surface area contributed by atoms with Gasteiger partial charge in [-0.05, 0) is 18.2 Å². The first-order valence-corrected chi connectivity index (χ1v) is 7.62. The number of halogens is 1. The third kappa shape index (κ3) is 2.61. The van der Waals surface area contributed by atoms with Gasteiger partial charge in [0.1, 0.15) is 0 Å². The number of aliphatic hydroxyl groups is 1. The van der Waals surface area contributed by atoms with Crippen LogP contribution in [-0.4, -0.2) is 21.7 Å². The molecule has 0 saturated carbocycles. The number of anilines is 1. The Kier molecular flexibility index (Phi) is 3.67. The first-order valence-electron chi connectivity index (χ1n) is 6.42. The molecule has 1 aromatic carbocycles. The van der Waals surface area contributed by atoms with Gasteiger partial charge in [-0.2, -0.15) is 0 Å². The molecule has 0 saturated heterocycles. The van der Waals surface area contributed by atoms with Crippen molar-refractivity contribution in [3.8, 4) is 0 Å². The number of carbonyl (C=O) groups excluding carboxylic acids is 2. The van der Waals surface area contributed by atoms with Gasteiger partial charge in [-0.25, -0.2) is 0 Å². The van der Waals surface area contributed by atoms with E-state index in [1.807, 2.05) is 0 Å². The summed E-state index contributed by atoms with van der Waals surface area (Å²) in [6.07, 6.45) is -0.524. The maximum absolute atomic E-state index is 12.3. The molecule has 2 aromatic rings. The van der Waals surface area contributed by atoms with E-state index in [-0.39, 0.29) is 16.9 Å². The van der Waals surface area contributed by atoms with E-state index < -0.39 is 28.6 Å². The van der Waals surface area contributed by atoms with Crippen LogP contribution in [0.2, 0.25) is 4.34 Å². The number of ketones is 1. The van der Waals surface area contributed by atoms with E-state index in [1.165, 1.54) is 24.3 Å². The Balaban J connectivity index is 1.98. The van der Waals surface area contributed by atoms with Gasteiger partial charge in [0.2, 0.25) is 0 Å². The summed E-state index contributed by atoms with van der Waals surface area (Å²) in [7, 11) is 0. The smallest absolute Gasteiger partial charge is 0.269 e. The van der Waals surface area contributed by atoms with Crippen molar-refractivity contribution in [1.29, 1.82) is 0 Å². The minimum Gasteiger partial charge on any atom is -0.375 e. The number of hydrogen-bond donors (Lipinski definition) is 2. The van der Waals surface area contributed by atoms with Crippen LogP contribution in [0.5, 0.6) is 0 Å². The van der Waals surface area contributed by atoms with Crippen molar-refractivity contribution in [3.05, 3.63) is 55.2 Å². The molecule has 0 radical (unpaired) electrons. The third-order valence-electron chi connectivity index (χ3n) is 3.55. The Morgan fingerprint density at radius 2 is 2.13 bits per heavy atom. The first-order chi connectivity index (χ1) is 10.8. The summed E-state index contributed by atoms with van der Waals surface area (Å²) in [5.41, 5.74) is -2.15. The molecule has 1 amide bonds. The molecule has 0 unspecified atom stereocenters. The number of nitrogens with zero attached hydrogens (tertiary/aromatic N) is 1. The highest BCUT2D eigenvalue weighted by atomic mass is 35.5. The standard InChI is InChI=1S/C14H9ClN2O5S/c15-12-4-3-11(23-12)10(18)6-14(20)8-5-7(17(21)22)1-2-9(8)16-13(14)19/h1-5,20H,6H2,(H,16,19)/t14-/m1/s1. The SMILES string of the molecule is O=C(C[C@]1(O)C(=O)Nc2ccc([N+](=O)[O-])cc21)c1ccc(Cl)s1. The van der Waals surface area contributed by atoms with E-state index in [0.717, 1.165) is 17.4 Å². The van der Waals surface area contributed by atoms with Crippen molar-refractivity contribution < 1.29 is 19.6 Å². The zero-order chi connectivity index (χ0) is 16.8. The average molecular weight is 353 g/mol. The average Bonchev–Trinajstić information content (AvgIpc) is 3.02. The Morgan fingerprint density at radius 1 is 1.39 bits per heavy atom. The van der Waals surface area contributed by atoms with Crippen LogP contribution in [0.4, 0.5) is 11.4 Å². The van der Waals surface area contributed by atoms with Gasteiger partial charge in [0.05, 0.1) is 20.6 Å². The molecule has 9 heteroatoms. The number of fused-ring (bicyclic) bond motifs is 1. The molecular weight excluding hydrogens is 344 g/mol. The lowest BCUT2D eigenvalue weighted by Gasteiger charge is -2.19. The van der Waals surface area contributed by atoms with Crippen LogP contribution in [0.1, 0.15) is 21.7 Å². The number of nitro benzene ring substituents is 1. The minimum atomic E-state index is -2.14. The second kappa shape index (κ2) is 5.41. The molecule has 0 bridgehead atoms. The molecule has 1 aliphatic heterocycles. The number of hydrogen-bond acceptors (Lipinski definition) is 6. The van der Waals surface area contributed by atoms with Gasteiger partial charge >= 0.3 is 0 Å². The lowest BCUT2D eigenvalue weighted by atomic mass is 9.89. The molecular formula is C14H9ClN2O5S. The number of benzene rings is 1. The number of nitrogens with one attached hydrogen (secondary N) is 1. The van der Waals surface area contributed by atoms with Crippen LogP contribution in [0, 0.1) is 10.1 Å². The maximum Gasteiger partial charge on any atom is 0.269 e. The normalized spacial score (nSPS) is 19.3. The Bertz CT molecular complexity index is 849. The molecule has 1 aromatic heterocycles. The fourth-order valence-electron chi connectivity index (χ4n) is 2.40. The van der Waals surface area contributed by atoms with Gasteiger partial charge in [-0.1, -0.05) is 11.6 Å². The largest absolute Gasteiger partial charge is 0.375 e. The van der Waals surface area contributed by atoms with E-state index >= 15 is 0 Å². The Morgan fingerprint density at radius 3 is 2.74 bits per heavy atom. The fraction of sp³-hybridized carbons (Fsp3) is 0.143. The van der Waals surface area contributed by atoms with Crippen molar-refractivity contribution in [1.82, 2.24) is 0 Å². The van der Waals surface area contributed by atoms with Crippen LogP contribution in [0.25, 0.3) is 0 Å². The summed E-state index contributed by atoms with van der Waals surface area (Å²) < 4.78 is 0.409. The number of Topliss-reactive ketones (excluding diaryl/α,β-unsaturated/α-hetero) is 1. The topological polar surface area (TPSA) is 110 Å². The molecule has 0 aliphatic carbocycles. The molecule has 2 heterocycles. The van der Waals surface area contributed by atoms with Gasteiger partial charge in [0, 0.05) is 23.4 Å². The summed E-state index contributed by atoms with van der Waals surface area (Å²) in [4.78, 5) is 34.9. The highest BCUT2D eigenvalue weighted by molar-refractivity contribution is 7.18. The van der Waals surface area contributed by atoms with Crippen LogP contribution < -0.4 is 5.32 Å². The molecule has 3 rings (SSSR count). The summed E-state index contributed by atoms with van der Waals surface area (Å²) in [6.45, 7) is 0. The lowest BCUT2D eigenvalue weighted by molar-refractivity contribution is -0.385. The summed E-state index contributed by atoms with van der Waals surface area (Å²) in [5, 5.41) is 24.0. The fourth-order valence-corrected chi connectivity index (χ4v) is 3.38. The Labute approximate surface area is 138 Å². The zero-order valence-electron chi connectivity index (χ0n) is 11.4. The van der Waals surface area contributed by atoms with Crippen LogP contribution >= 0.6 is 22.9 Å². The molecule has 0 spiro atoms. The number of rotatable bonds is 4. The molecule has 118 valence electrons. The van der Waals surface area contributed by atoms with Gasteiger partial charge in [-0.15, -0.1) is 11.3 Å². The van der Waals surface area contributed by atoms with Crippen molar-refractivity contribution in [2.24, 2.45) is 0 Å². The number of carbonyl (C=O) groups is 2. The van der Waals surface area contributed by atoms with Crippen molar-refractivity contribution in [3.63, 3.8) is 0 Å². The monoisotopic (exact) mass is 352 g/mol. The van der Waals surface area contributed by atoms with E-state index in [4.69, 9.17) is 11.6 Å². The van der Waals surface area contributed by atoms with Crippen molar-refractivity contribution in [2.75, 3.05) is 5.32 Å². The molecule has 7 nitrogen and oxygen atoms in total. The second-order valence-electron chi connectivity index (χ2n) is 5.01. The van der Waals surface area contributed by atoms with Gasteiger partial charge in [0.25, 0.3) is 11.6 Å². The third-order valence-corrected chi connectivity index (χ3v) is 4.82. The molecule has 1 atom stereocenters. The maximum atomic E-state index is 12.3. The first kappa shape index (κ1) is 15.6. The predicted molar refractivity (Wildman–Crippen MR) is 83.9 cm³/mol. The van der Waals surface area contributed by atoms with E-state index in [2.05, 4.69) is 5.32 Å². The zero-order valence-corrected chi connectivity index (χ0v) is 13.0. The number of non-ortho nitro benzene ring substituents is 1. The summed E-state index contributed by atoms with van der Waals surface area (Å²) >= 11 is 6.80. The van der Waals surface area contributed by atoms with Gasteiger partial charge < -0.3 is 10.4 Å². The minimum absolute atomic E-state index is 0.0210. The quantitative estimate of drug-likeness (QED) is 0.499. The Hall–Kier alpha value is -2.29. The predicted octanol–water partition coefficient (Wildman–Crippen LogP) is 2.72. The van der Waals surface area contributed by atoms with E-state index in [1.54, 1.807) is 0 Å². The highest BCUT2D eigenvalue weighted by Crippen LogP contribution is 2.41. The van der Waals surface area contributed by atoms with Crippen LogP contribution in [-0.2, 0) is 10.4 Å². The van der Waals surface area contributed by atoms with Crippen LogP contribution in [0.3, 0.4) is 0 Å². The molecule has 0 fully saturated rings. The number of amides is 1. The van der Waals surface area contributed by atoms with Crippen molar-refractivity contribution >= 4 is 46.0 Å². The molecule has 1 aliphatic rings. The lowest BCUT2D eigenvalue weighted by Crippen LogP contribution is -2.36. The van der Waals surface area contributed by atoms with Crippen molar-refractivity contribution in [2.45, 2.75) is 12.0 Å². The highest BCUT2D eigenvalue weighted by Gasteiger charge is 2.47. The second-order valence-corrected chi connectivity index (χ2v) is 6.72. The van der Waals surface area contributed by atoms with E-state index in [0.29, 0.717) is 9.21 Å². The van der Waals surface area contributed by atoms with Gasteiger partial charge in [0.15, 0.2) is 11.4 Å². The number of thiophene rings is 1. The summed E-state index contributed by atoms with van der Waals surface area (Å²) in [6, 6.07) is 6.68. The molecule has 2 N–H and O–H groups in total. The van der Waals surface area contributed by atoms with E-state index in [9.17, 15) is 24.8 Å². The number of nitro groups is 1. The molecule has 23 heavy (non-hydrogen) atoms. The van der Waals surface area contributed by atoms with Gasteiger partial charge in [-0.3, -0.25) is 19.7 Å².